The molecule has 0 aliphatic heterocycles. The number of carbonyl (C=O) groups is 1. The second-order valence-electron chi connectivity index (χ2n) is 7.17. The number of hydrogen-bond acceptors (Lipinski definition) is 5. The van der Waals surface area contributed by atoms with Gasteiger partial charge in [-0.05, 0) is 60.4 Å². The van der Waals surface area contributed by atoms with Gasteiger partial charge in [-0.1, -0.05) is 35.9 Å². The summed E-state index contributed by atoms with van der Waals surface area (Å²) in [7, 11) is -3.93. The molecule has 0 aliphatic rings. The van der Waals surface area contributed by atoms with Crippen LogP contribution in [-0.2, 0) is 20.6 Å². The van der Waals surface area contributed by atoms with Crippen LogP contribution in [0, 0.1) is 12.7 Å². The van der Waals surface area contributed by atoms with Gasteiger partial charge in [0, 0.05) is 12.3 Å². The first-order valence-corrected chi connectivity index (χ1v) is 13.6. The van der Waals surface area contributed by atoms with Gasteiger partial charge in [0.25, 0.3) is 10.0 Å². The predicted octanol–water partition coefficient (Wildman–Crippen LogP) is 4.83. The van der Waals surface area contributed by atoms with Gasteiger partial charge in [0.2, 0.25) is 5.91 Å². The van der Waals surface area contributed by atoms with Crippen LogP contribution in [0.1, 0.15) is 17.5 Å². The smallest absolute Gasteiger partial charge is 0.274 e. The molecule has 0 spiro atoms. The second kappa shape index (κ2) is 11.5. The zero-order valence-electron chi connectivity index (χ0n) is 17.7. The fourth-order valence-corrected chi connectivity index (χ4v) is 6.46. The summed E-state index contributed by atoms with van der Waals surface area (Å²) in [6.07, 6.45) is 0.774. The third-order valence-corrected chi connectivity index (χ3v) is 8.84. The van der Waals surface area contributed by atoms with Gasteiger partial charge >= 0.3 is 0 Å². The Bertz CT molecular complexity index is 1120. The van der Waals surface area contributed by atoms with Crippen molar-refractivity contribution in [1.82, 2.24) is 5.32 Å². The maximum Gasteiger partial charge on any atom is 0.274 e. The van der Waals surface area contributed by atoms with E-state index in [0.717, 1.165) is 33.6 Å². The second-order valence-corrected chi connectivity index (χ2v) is 11.3. The predicted molar refractivity (Wildman–Crippen MR) is 130 cm³/mol. The SMILES string of the molecule is Cc1cccc(CSCCCNC(=O)CN(c2ccc(F)cc2)S(=O)(=O)c2cccs2)c1. The first-order valence-electron chi connectivity index (χ1n) is 10.1. The van der Waals surface area contributed by atoms with Crippen LogP contribution >= 0.6 is 23.1 Å². The fourth-order valence-electron chi connectivity index (χ4n) is 3.02. The average molecular weight is 493 g/mol. The number of anilines is 1. The van der Waals surface area contributed by atoms with Crippen molar-refractivity contribution in [2.75, 3.05) is 23.1 Å². The van der Waals surface area contributed by atoms with Gasteiger partial charge in [0.15, 0.2) is 0 Å². The molecule has 0 atom stereocenters. The number of halogens is 1. The lowest BCUT2D eigenvalue weighted by Gasteiger charge is -2.23. The molecule has 1 aromatic heterocycles. The topological polar surface area (TPSA) is 66.5 Å². The minimum Gasteiger partial charge on any atom is -0.354 e. The van der Waals surface area contributed by atoms with E-state index in [4.69, 9.17) is 0 Å². The molecule has 1 amide bonds. The van der Waals surface area contributed by atoms with Crippen molar-refractivity contribution in [3.63, 3.8) is 0 Å². The molecule has 1 heterocycles. The summed E-state index contributed by atoms with van der Waals surface area (Å²) in [5.41, 5.74) is 2.75. The number of thiophene rings is 1. The Morgan fingerprint density at radius 1 is 1.12 bits per heavy atom. The van der Waals surface area contributed by atoms with Crippen molar-refractivity contribution in [2.45, 2.75) is 23.3 Å². The quantitative estimate of drug-likeness (QED) is 0.390. The number of hydrogen-bond donors (Lipinski definition) is 1. The van der Waals surface area contributed by atoms with Gasteiger partial charge in [-0.15, -0.1) is 11.3 Å². The molecule has 0 aliphatic carbocycles. The van der Waals surface area contributed by atoms with E-state index in [1.54, 1.807) is 23.2 Å². The van der Waals surface area contributed by atoms with Gasteiger partial charge < -0.3 is 5.32 Å². The van der Waals surface area contributed by atoms with Crippen molar-refractivity contribution in [3.05, 3.63) is 83.0 Å². The molecule has 0 unspecified atom stereocenters. The van der Waals surface area contributed by atoms with Crippen LogP contribution in [0.4, 0.5) is 10.1 Å². The molecule has 9 heteroatoms. The number of aryl methyl sites for hydroxylation is 1. The van der Waals surface area contributed by atoms with Gasteiger partial charge in [-0.25, -0.2) is 12.8 Å². The lowest BCUT2D eigenvalue weighted by molar-refractivity contribution is -0.119. The van der Waals surface area contributed by atoms with E-state index in [-0.39, 0.29) is 16.4 Å². The highest BCUT2D eigenvalue weighted by atomic mass is 32.2. The highest BCUT2D eigenvalue weighted by molar-refractivity contribution is 7.98. The minimum atomic E-state index is -3.93. The number of sulfonamides is 1. The maximum absolute atomic E-state index is 13.3. The number of thioether (sulfide) groups is 1. The summed E-state index contributed by atoms with van der Waals surface area (Å²) in [4.78, 5) is 12.5. The monoisotopic (exact) mass is 492 g/mol. The van der Waals surface area contributed by atoms with Crippen LogP contribution < -0.4 is 9.62 Å². The summed E-state index contributed by atoms with van der Waals surface area (Å²) in [6.45, 7) is 2.15. The Kier molecular flexibility index (Phi) is 8.72. The molecule has 5 nitrogen and oxygen atoms in total. The molecule has 1 N–H and O–H groups in total. The number of nitrogens with zero attached hydrogens (tertiary/aromatic N) is 1. The van der Waals surface area contributed by atoms with Gasteiger partial charge in [0.05, 0.1) is 5.69 Å². The molecule has 170 valence electrons. The Morgan fingerprint density at radius 3 is 2.59 bits per heavy atom. The molecule has 0 radical (unpaired) electrons. The number of benzene rings is 2. The van der Waals surface area contributed by atoms with Crippen LogP contribution in [0.3, 0.4) is 0 Å². The highest BCUT2D eigenvalue weighted by Crippen LogP contribution is 2.26. The van der Waals surface area contributed by atoms with Gasteiger partial charge in [-0.2, -0.15) is 11.8 Å². The van der Waals surface area contributed by atoms with Crippen LogP contribution in [0.25, 0.3) is 0 Å². The molecular weight excluding hydrogens is 467 g/mol. The summed E-state index contributed by atoms with van der Waals surface area (Å²) < 4.78 is 40.6. The minimum absolute atomic E-state index is 0.127. The molecule has 0 saturated heterocycles. The molecule has 32 heavy (non-hydrogen) atoms. The standard InChI is InChI=1S/C23H25FN2O3S3/c1-18-5-2-6-19(15-18)17-30-13-4-12-25-22(27)16-26(21-10-8-20(24)9-11-21)32(28,29)23-7-3-14-31-23/h2-3,5-11,14-15H,4,12-13,16-17H2,1H3,(H,25,27). The fraction of sp³-hybridized carbons (Fsp3) is 0.261. The third-order valence-electron chi connectivity index (χ3n) is 4.58. The molecule has 2 aromatic carbocycles. The van der Waals surface area contributed by atoms with E-state index in [1.807, 2.05) is 6.07 Å². The number of nitrogens with one attached hydrogen (secondary N) is 1. The molecule has 0 bridgehead atoms. The zero-order chi connectivity index (χ0) is 23.0. The van der Waals surface area contributed by atoms with E-state index < -0.39 is 21.7 Å². The first kappa shape index (κ1) is 24.3. The molecule has 0 saturated carbocycles. The van der Waals surface area contributed by atoms with E-state index in [9.17, 15) is 17.6 Å². The zero-order valence-corrected chi connectivity index (χ0v) is 20.1. The maximum atomic E-state index is 13.3. The third kappa shape index (κ3) is 6.82. The first-order chi connectivity index (χ1) is 15.4. The summed E-state index contributed by atoms with van der Waals surface area (Å²) in [5, 5.41) is 4.45. The van der Waals surface area contributed by atoms with Gasteiger partial charge in [-0.3, -0.25) is 9.10 Å². The summed E-state index contributed by atoms with van der Waals surface area (Å²) in [6, 6.07) is 16.6. The van der Waals surface area contributed by atoms with E-state index in [1.165, 1.54) is 41.5 Å². The molecule has 3 aromatic rings. The van der Waals surface area contributed by atoms with Crippen LogP contribution in [0.15, 0.2) is 70.3 Å². The molecular formula is C23H25FN2O3S3. The Morgan fingerprint density at radius 2 is 1.91 bits per heavy atom. The molecule has 3 rings (SSSR count). The van der Waals surface area contributed by atoms with Crippen molar-refractivity contribution in [2.24, 2.45) is 0 Å². The Balaban J connectivity index is 1.53. The number of amides is 1. The lowest BCUT2D eigenvalue weighted by atomic mass is 10.2. The van der Waals surface area contributed by atoms with Crippen LogP contribution in [0.2, 0.25) is 0 Å². The average Bonchev–Trinajstić information content (AvgIpc) is 3.31. The summed E-state index contributed by atoms with van der Waals surface area (Å²) >= 11 is 2.86. The van der Waals surface area contributed by atoms with E-state index in [2.05, 4.69) is 30.4 Å². The van der Waals surface area contributed by atoms with Crippen molar-refractivity contribution in [3.8, 4) is 0 Å². The summed E-state index contributed by atoms with van der Waals surface area (Å²) in [5.74, 6) is 0.907. The van der Waals surface area contributed by atoms with E-state index in [0.29, 0.717) is 6.54 Å². The van der Waals surface area contributed by atoms with Crippen molar-refractivity contribution < 1.29 is 17.6 Å². The van der Waals surface area contributed by atoms with Crippen molar-refractivity contribution >= 4 is 44.7 Å². The normalized spacial score (nSPS) is 11.3. The van der Waals surface area contributed by atoms with Crippen LogP contribution in [0.5, 0.6) is 0 Å². The number of rotatable bonds is 11. The highest BCUT2D eigenvalue weighted by Gasteiger charge is 2.28. The van der Waals surface area contributed by atoms with E-state index >= 15 is 0 Å². The Hall–Kier alpha value is -2.36. The molecule has 0 fully saturated rings. The number of carbonyl (C=O) groups excluding carboxylic acids is 1. The lowest BCUT2D eigenvalue weighted by Crippen LogP contribution is -2.41. The van der Waals surface area contributed by atoms with Crippen LogP contribution in [-0.4, -0.2) is 33.2 Å². The Labute approximate surface area is 196 Å². The van der Waals surface area contributed by atoms with Gasteiger partial charge in [0.1, 0.15) is 16.6 Å². The largest absolute Gasteiger partial charge is 0.354 e. The van der Waals surface area contributed by atoms with Crippen molar-refractivity contribution in [1.29, 1.82) is 0 Å².